The van der Waals surface area contributed by atoms with Crippen LogP contribution in [-0.4, -0.2) is 29.9 Å². The number of hydrogen-bond donors (Lipinski definition) is 1. The minimum absolute atomic E-state index is 0.0175. The van der Waals surface area contributed by atoms with Gasteiger partial charge < -0.3 is 15.0 Å². The van der Waals surface area contributed by atoms with Gasteiger partial charge in [-0.2, -0.15) is 0 Å². The van der Waals surface area contributed by atoms with Crippen molar-refractivity contribution in [1.82, 2.24) is 0 Å². The van der Waals surface area contributed by atoms with Crippen molar-refractivity contribution in [1.29, 1.82) is 0 Å². The van der Waals surface area contributed by atoms with Gasteiger partial charge in [-0.05, 0) is 36.8 Å². The molecule has 2 aromatic carbocycles. The molecule has 1 N–H and O–H groups in total. The van der Waals surface area contributed by atoms with E-state index in [4.69, 9.17) is 16.3 Å². The first kappa shape index (κ1) is 17.7. The molecule has 0 atom stereocenters. The van der Waals surface area contributed by atoms with E-state index in [1.165, 1.54) is 18.2 Å². The number of nitrogens with one attached hydrogen (secondary N) is 1. The molecule has 0 unspecified atom stereocenters. The molecule has 0 fully saturated rings. The minimum Gasteiger partial charge on any atom is -0.423 e. The highest BCUT2D eigenvalue weighted by Gasteiger charge is 2.26. The molecule has 2 aromatic rings. The molecule has 1 amide bonds. The van der Waals surface area contributed by atoms with E-state index in [0.717, 1.165) is 5.56 Å². The van der Waals surface area contributed by atoms with Gasteiger partial charge in [-0.15, -0.1) is 0 Å². The van der Waals surface area contributed by atoms with Crippen LogP contribution >= 0.6 is 11.6 Å². The Kier molecular flexibility index (Phi) is 4.77. The zero-order chi connectivity index (χ0) is 18.8. The minimum atomic E-state index is -0.628. The average Bonchev–Trinajstić information content (AvgIpc) is 2.55. The summed E-state index contributed by atoms with van der Waals surface area (Å²) in [4.78, 5) is 36.0. The normalized spacial score (nSPS) is 13.0. The first-order valence-electron chi connectivity index (χ1n) is 7.63. The fourth-order valence-electron chi connectivity index (χ4n) is 2.61. The number of fused-ring (bicyclic) bond motifs is 1. The molecule has 3 rings (SSSR count). The second kappa shape index (κ2) is 7.01. The smallest absolute Gasteiger partial charge is 0.331 e. The Balaban J connectivity index is 1.76. The summed E-state index contributed by atoms with van der Waals surface area (Å²) in [6.07, 6.45) is 0. The van der Waals surface area contributed by atoms with E-state index in [1.54, 1.807) is 17.0 Å². The number of amides is 1. The van der Waals surface area contributed by atoms with Crippen LogP contribution in [0.1, 0.15) is 5.56 Å². The van der Waals surface area contributed by atoms with Gasteiger partial charge in [-0.25, -0.2) is 4.79 Å². The van der Waals surface area contributed by atoms with Gasteiger partial charge in [0.25, 0.3) is 5.69 Å². The molecule has 1 aliphatic heterocycles. The highest BCUT2D eigenvalue weighted by Crippen LogP contribution is 2.33. The summed E-state index contributed by atoms with van der Waals surface area (Å²) in [5.41, 5.74) is 1.51. The summed E-state index contributed by atoms with van der Waals surface area (Å²) < 4.78 is 5.20. The lowest BCUT2D eigenvalue weighted by molar-refractivity contribution is -0.384. The van der Waals surface area contributed by atoms with E-state index in [2.05, 4.69) is 5.32 Å². The lowest BCUT2D eigenvalue weighted by Gasteiger charge is -2.29. The maximum absolute atomic E-state index is 12.3. The van der Waals surface area contributed by atoms with Crippen LogP contribution in [-0.2, 0) is 9.59 Å². The fraction of sp³-hybridized carbons (Fsp3) is 0.176. The number of nitro benzene ring substituents is 1. The quantitative estimate of drug-likeness (QED) is 0.381. The Morgan fingerprint density at radius 1 is 1.35 bits per heavy atom. The lowest BCUT2D eigenvalue weighted by atomic mass is 10.1. The molecule has 0 aliphatic carbocycles. The number of rotatable bonds is 4. The third kappa shape index (κ3) is 3.75. The van der Waals surface area contributed by atoms with Gasteiger partial charge in [0, 0.05) is 11.8 Å². The zero-order valence-electron chi connectivity index (χ0n) is 13.7. The summed E-state index contributed by atoms with van der Waals surface area (Å²) in [6.45, 7) is 1.69. The fourth-order valence-corrected chi connectivity index (χ4v) is 2.79. The third-order valence-electron chi connectivity index (χ3n) is 3.76. The van der Waals surface area contributed by atoms with E-state index < -0.39 is 16.8 Å². The van der Waals surface area contributed by atoms with Gasteiger partial charge in [0.1, 0.15) is 11.6 Å². The Morgan fingerprint density at radius 3 is 2.85 bits per heavy atom. The predicted octanol–water partition coefficient (Wildman–Crippen LogP) is 2.92. The Morgan fingerprint density at radius 2 is 2.12 bits per heavy atom. The topological polar surface area (TPSA) is 102 Å². The van der Waals surface area contributed by atoms with Crippen molar-refractivity contribution in [3.05, 3.63) is 57.1 Å². The van der Waals surface area contributed by atoms with E-state index >= 15 is 0 Å². The van der Waals surface area contributed by atoms with Crippen LogP contribution in [0.5, 0.6) is 5.75 Å². The summed E-state index contributed by atoms with van der Waals surface area (Å²) in [5.74, 6) is -0.489. The summed E-state index contributed by atoms with van der Waals surface area (Å²) >= 11 is 5.75. The van der Waals surface area contributed by atoms with Gasteiger partial charge in [-0.1, -0.05) is 17.7 Å². The number of benzene rings is 2. The molecule has 0 saturated heterocycles. The molecular formula is C17H14ClN3O5. The monoisotopic (exact) mass is 375 g/mol. The molecule has 9 heteroatoms. The average molecular weight is 376 g/mol. The first-order valence-corrected chi connectivity index (χ1v) is 8.01. The molecule has 26 heavy (non-hydrogen) atoms. The van der Waals surface area contributed by atoms with Gasteiger partial charge in [0.05, 0.1) is 17.2 Å². The van der Waals surface area contributed by atoms with Crippen molar-refractivity contribution in [3.8, 4) is 5.75 Å². The molecule has 0 aromatic heterocycles. The molecule has 0 saturated carbocycles. The van der Waals surface area contributed by atoms with Crippen LogP contribution in [0.15, 0.2) is 36.4 Å². The molecule has 8 nitrogen and oxygen atoms in total. The van der Waals surface area contributed by atoms with Crippen LogP contribution in [0.3, 0.4) is 0 Å². The third-order valence-corrected chi connectivity index (χ3v) is 4.08. The van der Waals surface area contributed by atoms with Crippen molar-refractivity contribution in [2.24, 2.45) is 0 Å². The van der Waals surface area contributed by atoms with Crippen LogP contribution < -0.4 is 15.0 Å². The van der Waals surface area contributed by atoms with E-state index in [9.17, 15) is 19.7 Å². The lowest BCUT2D eigenvalue weighted by Crippen LogP contribution is -2.41. The van der Waals surface area contributed by atoms with Gasteiger partial charge in [0.2, 0.25) is 5.91 Å². The van der Waals surface area contributed by atoms with Crippen LogP contribution in [0, 0.1) is 17.0 Å². The molecule has 134 valence electrons. The maximum Gasteiger partial charge on any atom is 0.331 e. The number of nitro groups is 1. The van der Waals surface area contributed by atoms with Crippen molar-refractivity contribution in [2.45, 2.75) is 6.92 Å². The summed E-state index contributed by atoms with van der Waals surface area (Å²) in [5, 5.41) is 13.5. The molecule has 0 bridgehead atoms. The predicted molar refractivity (Wildman–Crippen MR) is 95.8 cm³/mol. The van der Waals surface area contributed by atoms with Gasteiger partial charge >= 0.3 is 5.97 Å². The largest absolute Gasteiger partial charge is 0.423 e. The van der Waals surface area contributed by atoms with Crippen molar-refractivity contribution in [3.63, 3.8) is 0 Å². The number of halogens is 1. The number of ether oxygens (including phenoxy) is 1. The van der Waals surface area contributed by atoms with Crippen LogP contribution in [0.2, 0.25) is 5.02 Å². The van der Waals surface area contributed by atoms with Crippen molar-refractivity contribution >= 4 is 40.5 Å². The Hall–Kier alpha value is -3.13. The molecule has 0 radical (unpaired) electrons. The second-order valence-corrected chi connectivity index (χ2v) is 6.18. The van der Waals surface area contributed by atoms with Crippen LogP contribution in [0.4, 0.5) is 17.1 Å². The number of carbonyl (C=O) groups is 2. The van der Waals surface area contributed by atoms with E-state index in [0.29, 0.717) is 11.4 Å². The second-order valence-electron chi connectivity index (χ2n) is 5.77. The Bertz CT molecular complexity index is 915. The number of anilines is 2. The number of carbonyl (C=O) groups excluding carboxylic acids is 2. The van der Waals surface area contributed by atoms with E-state index in [1.807, 2.05) is 13.0 Å². The summed E-state index contributed by atoms with van der Waals surface area (Å²) in [7, 11) is 0. The zero-order valence-corrected chi connectivity index (χ0v) is 14.4. The standard InChI is InChI=1S/C17H14ClN3O5/c1-10-2-5-13-15(6-10)26-17(23)9-20(13)8-16(22)19-11-3-4-12(18)14(7-11)21(24)25/h2-7H,8-9H2,1H3,(H,19,22). The van der Waals surface area contributed by atoms with Crippen LogP contribution in [0.25, 0.3) is 0 Å². The number of esters is 1. The highest BCUT2D eigenvalue weighted by molar-refractivity contribution is 6.32. The number of nitrogens with zero attached hydrogens (tertiary/aromatic N) is 2. The van der Waals surface area contributed by atoms with Gasteiger partial charge in [-0.3, -0.25) is 14.9 Å². The summed E-state index contributed by atoms with van der Waals surface area (Å²) in [6, 6.07) is 9.34. The SMILES string of the molecule is Cc1ccc2c(c1)OC(=O)CN2CC(=O)Nc1ccc(Cl)c([N+](=O)[O-])c1. The molecule has 1 aliphatic rings. The first-order chi connectivity index (χ1) is 12.3. The molecular weight excluding hydrogens is 362 g/mol. The molecule has 0 spiro atoms. The number of hydrogen-bond acceptors (Lipinski definition) is 6. The molecule has 1 heterocycles. The van der Waals surface area contributed by atoms with E-state index in [-0.39, 0.29) is 29.5 Å². The Labute approximate surface area is 153 Å². The van der Waals surface area contributed by atoms with Crippen molar-refractivity contribution in [2.75, 3.05) is 23.3 Å². The highest BCUT2D eigenvalue weighted by atomic mass is 35.5. The number of aryl methyl sites for hydroxylation is 1. The van der Waals surface area contributed by atoms with Gasteiger partial charge in [0.15, 0.2) is 5.75 Å². The van der Waals surface area contributed by atoms with Crippen molar-refractivity contribution < 1.29 is 19.2 Å². The maximum atomic E-state index is 12.3.